The van der Waals surface area contributed by atoms with Crippen molar-refractivity contribution in [2.45, 2.75) is 25.8 Å². The van der Waals surface area contributed by atoms with E-state index in [1.54, 1.807) is 22.7 Å². The van der Waals surface area contributed by atoms with Crippen molar-refractivity contribution in [3.05, 3.63) is 43.7 Å². The highest BCUT2D eigenvalue weighted by molar-refractivity contribution is 7.16. The third-order valence-corrected chi connectivity index (χ3v) is 4.62. The first kappa shape index (κ1) is 13.1. The fourth-order valence-electron chi connectivity index (χ4n) is 1.90. The molecule has 1 unspecified atom stereocenters. The summed E-state index contributed by atoms with van der Waals surface area (Å²) in [4.78, 5) is 1.36. The Morgan fingerprint density at radius 3 is 2.76 bits per heavy atom. The maximum absolute atomic E-state index is 5.96. The fraction of sp³-hybridized carbons (Fsp3) is 0.385. The quantitative estimate of drug-likeness (QED) is 0.838. The Bertz CT molecular complexity index is 436. The number of halogens is 1. The highest BCUT2D eigenvalue weighted by atomic mass is 35.5. The van der Waals surface area contributed by atoms with E-state index in [9.17, 15) is 0 Å². The molecule has 2 aromatic rings. The molecular formula is C13H16ClNS2. The van der Waals surface area contributed by atoms with Crippen molar-refractivity contribution in [1.29, 1.82) is 0 Å². The molecule has 4 heteroatoms. The summed E-state index contributed by atoms with van der Waals surface area (Å²) in [5.74, 6) is 0. The Labute approximate surface area is 115 Å². The molecule has 92 valence electrons. The van der Waals surface area contributed by atoms with Crippen LogP contribution < -0.4 is 5.32 Å². The summed E-state index contributed by atoms with van der Waals surface area (Å²) in [5.41, 5.74) is 1.42. The van der Waals surface area contributed by atoms with Crippen molar-refractivity contribution >= 4 is 34.3 Å². The average molecular weight is 286 g/mol. The maximum atomic E-state index is 5.96. The summed E-state index contributed by atoms with van der Waals surface area (Å²) in [7, 11) is 0. The molecular weight excluding hydrogens is 270 g/mol. The lowest BCUT2D eigenvalue weighted by Gasteiger charge is -2.16. The van der Waals surface area contributed by atoms with Gasteiger partial charge in [-0.2, -0.15) is 11.3 Å². The van der Waals surface area contributed by atoms with Crippen molar-refractivity contribution in [1.82, 2.24) is 5.32 Å². The van der Waals surface area contributed by atoms with E-state index in [4.69, 9.17) is 11.6 Å². The Hall–Kier alpha value is -0.350. The van der Waals surface area contributed by atoms with Gasteiger partial charge in [-0.15, -0.1) is 11.3 Å². The van der Waals surface area contributed by atoms with Gasteiger partial charge in [0.05, 0.1) is 4.34 Å². The lowest BCUT2D eigenvalue weighted by molar-refractivity contribution is 0.525. The van der Waals surface area contributed by atoms with Crippen molar-refractivity contribution in [2.24, 2.45) is 0 Å². The first-order valence-corrected chi connectivity index (χ1v) is 7.90. The van der Waals surface area contributed by atoms with Gasteiger partial charge in [0.2, 0.25) is 0 Å². The summed E-state index contributed by atoms with van der Waals surface area (Å²) in [6.07, 6.45) is 2.15. The van der Waals surface area contributed by atoms with E-state index in [1.165, 1.54) is 10.4 Å². The number of rotatable bonds is 6. The second kappa shape index (κ2) is 6.55. The zero-order chi connectivity index (χ0) is 12.1. The third kappa shape index (κ3) is 4.11. The van der Waals surface area contributed by atoms with Crippen molar-refractivity contribution in [3.63, 3.8) is 0 Å². The van der Waals surface area contributed by atoms with Crippen molar-refractivity contribution < 1.29 is 0 Å². The Morgan fingerprint density at radius 2 is 2.18 bits per heavy atom. The molecule has 0 aliphatic rings. The SMILES string of the molecule is CCNC(Cc1ccsc1)Cc1ccc(Cl)s1. The topological polar surface area (TPSA) is 12.0 Å². The first-order valence-electron chi connectivity index (χ1n) is 5.76. The van der Waals surface area contributed by atoms with Gasteiger partial charge in [0, 0.05) is 10.9 Å². The van der Waals surface area contributed by atoms with Crippen LogP contribution in [0.3, 0.4) is 0 Å². The molecule has 1 atom stereocenters. The van der Waals surface area contributed by atoms with Crippen LogP contribution in [0.5, 0.6) is 0 Å². The van der Waals surface area contributed by atoms with E-state index < -0.39 is 0 Å². The molecule has 2 aromatic heterocycles. The zero-order valence-electron chi connectivity index (χ0n) is 9.78. The summed E-state index contributed by atoms with van der Waals surface area (Å²) in [6.45, 7) is 3.16. The lowest BCUT2D eigenvalue weighted by Crippen LogP contribution is -2.32. The second-order valence-electron chi connectivity index (χ2n) is 4.00. The minimum absolute atomic E-state index is 0.504. The van der Waals surface area contributed by atoms with Gasteiger partial charge in [-0.1, -0.05) is 18.5 Å². The molecule has 0 bridgehead atoms. The molecule has 0 saturated heterocycles. The number of hydrogen-bond acceptors (Lipinski definition) is 3. The molecule has 0 aliphatic carbocycles. The molecule has 2 heterocycles. The van der Waals surface area contributed by atoms with Gasteiger partial charge < -0.3 is 5.32 Å². The van der Waals surface area contributed by atoms with E-state index in [0.29, 0.717) is 6.04 Å². The van der Waals surface area contributed by atoms with E-state index in [1.807, 2.05) is 6.07 Å². The number of likely N-dealkylation sites (N-methyl/N-ethyl adjacent to an activating group) is 1. The van der Waals surface area contributed by atoms with Crippen LogP contribution in [0.1, 0.15) is 17.4 Å². The van der Waals surface area contributed by atoms with Gasteiger partial charge in [0.15, 0.2) is 0 Å². The number of nitrogens with one attached hydrogen (secondary N) is 1. The number of thiophene rings is 2. The molecule has 2 rings (SSSR count). The van der Waals surface area contributed by atoms with Crippen LogP contribution in [-0.2, 0) is 12.8 Å². The average Bonchev–Trinajstić information content (AvgIpc) is 2.91. The molecule has 0 saturated carbocycles. The Balaban J connectivity index is 1.97. The number of hydrogen-bond donors (Lipinski definition) is 1. The van der Waals surface area contributed by atoms with E-state index >= 15 is 0 Å². The molecule has 0 fully saturated rings. The fourth-order valence-corrected chi connectivity index (χ4v) is 3.75. The molecule has 0 amide bonds. The van der Waals surface area contributed by atoms with Crippen LogP contribution in [0.15, 0.2) is 29.0 Å². The predicted molar refractivity (Wildman–Crippen MR) is 78.5 cm³/mol. The summed E-state index contributed by atoms with van der Waals surface area (Å²) >= 11 is 9.41. The normalized spacial score (nSPS) is 12.8. The van der Waals surface area contributed by atoms with Crippen LogP contribution in [0, 0.1) is 0 Å². The second-order valence-corrected chi connectivity index (χ2v) is 6.58. The largest absolute Gasteiger partial charge is 0.314 e. The van der Waals surface area contributed by atoms with Crippen LogP contribution >= 0.6 is 34.3 Å². The lowest BCUT2D eigenvalue weighted by atomic mass is 10.1. The van der Waals surface area contributed by atoms with Gasteiger partial charge in [0.1, 0.15) is 0 Å². The highest BCUT2D eigenvalue weighted by Crippen LogP contribution is 2.23. The van der Waals surface area contributed by atoms with Crippen molar-refractivity contribution in [2.75, 3.05) is 6.54 Å². The standard InChI is InChI=1S/C13H16ClNS2/c1-2-15-11(7-10-5-6-16-9-10)8-12-3-4-13(14)17-12/h3-6,9,11,15H,2,7-8H2,1H3. The minimum atomic E-state index is 0.504. The highest BCUT2D eigenvalue weighted by Gasteiger charge is 2.11. The van der Waals surface area contributed by atoms with E-state index in [-0.39, 0.29) is 0 Å². The Morgan fingerprint density at radius 1 is 1.29 bits per heavy atom. The summed E-state index contributed by atoms with van der Waals surface area (Å²) < 4.78 is 0.880. The van der Waals surface area contributed by atoms with Crippen molar-refractivity contribution in [3.8, 4) is 0 Å². The minimum Gasteiger partial charge on any atom is -0.314 e. The van der Waals surface area contributed by atoms with Gasteiger partial charge in [-0.25, -0.2) is 0 Å². The Kier molecular flexibility index (Phi) is 5.04. The maximum Gasteiger partial charge on any atom is 0.0931 e. The predicted octanol–water partition coefficient (Wildman–Crippen LogP) is 4.23. The molecule has 1 N–H and O–H groups in total. The monoisotopic (exact) mass is 285 g/mol. The third-order valence-electron chi connectivity index (χ3n) is 2.63. The van der Waals surface area contributed by atoms with Crippen LogP contribution in [0.2, 0.25) is 4.34 Å². The molecule has 0 spiro atoms. The van der Waals surface area contributed by atoms with Gasteiger partial charge in [-0.3, -0.25) is 0 Å². The summed E-state index contributed by atoms with van der Waals surface area (Å²) in [5, 5.41) is 7.91. The first-order chi connectivity index (χ1) is 8.28. The smallest absolute Gasteiger partial charge is 0.0931 e. The van der Waals surface area contributed by atoms with E-state index in [0.717, 1.165) is 23.7 Å². The molecule has 17 heavy (non-hydrogen) atoms. The zero-order valence-corrected chi connectivity index (χ0v) is 12.2. The van der Waals surface area contributed by atoms with Gasteiger partial charge >= 0.3 is 0 Å². The van der Waals surface area contributed by atoms with Crippen LogP contribution in [0.25, 0.3) is 0 Å². The molecule has 0 radical (unpaired) electrons. The van der Waals surface area contributed by atoms with Crippen LogP contribution in [0.4, 0.5) is 0 Å². The van der Waals surface area contributed by atoms with Gasteiger partial charge in [0.25, 0.3) is 0 Å². The summed E-state index contributed by atoms with van der Waals surface area (Å²) in [6, 6.07) is 6.82. The molecule has 0 aromatic carbocycles. The van der Waals surface area contributed by atoms with Crippen LogP contribution in [-0.4, -0.2) is 12.6 Å². The molecule has 1 nitrogen and oxygen atoms in total. The van der Waals surface area contributed by atoms with E-state index in [2.05, 4.69) is 35.1 Å². The van der Waals surface area contributed by atoms with Gasteiger partial charge in [-0.05, 0) is 53.9 Å². The molecule has 0 aliphatic heterocycles.